The van der Waals surface area contributed by atoms with Crippen LogP contribution < -0.4 is 24.2 Å². The van der Waals surface area contributed by atoms with Gasteiger partial charge in [0, 0.05) is 13.1 Å². The Morgan fingerprint density at radius 2 is 1.94 bits per heavy atom. The fourth-order valence-corrected chi connectivity index (χ4v) is 4.63. The Hall–Kier alpha value is -2.82. The molecule has 2 aromatic rings. The van der Waals surface area contributed by atoms with Crippen molar-refractivity contribution in [3.63, 3.8) is 0 Å². The van der Waals surface area contributed by atoms with Crippen LogP contribution in [0.15, 0.2) is 16.9 Å². The summed E-state index contributed by atoms with van der Waals surface area (Å²) in [4.78, 5) is 39.7. The van der Waals surface area contributed by atoms with Gasteiger partial charge >= 0.3 is 5.97 Å². The second kappa shape index (κ2) is 11.4. The molecule has 0 radical (unpaired) electrons. The summed E-state index contributed by atoms with van der Waals surface area (Å²) in [5.41, 5.74) is 0.202. The first-order chi connectivity index (χ1) is 15.9. The summed E-state index contributed by atoms with van der Waals surface area (Å²) in [6.07, 6.45) is 2.85. The lowest BCUT2D eigenvalue weighted by atomic mass is 10.2. The Labute approximate surface area is 199 Å². The highest BCUT2D eigenvalue weighted by atomic mass is 35.5. The first-order valence-electron chi connectivity index (χ1n) is 10.2. The van der Waals surface area contributed by atoms with Gasteiger partial charge in [-0.3, -0.25) is 14.2 Å². The van der Waals surface area contributed by atoms with Crippen LogP contribution in [-0.2, 0) is 25.6 Å². The lowest BCUT2D eigenvalue weighted by Crippen LogP contribution is -2.45. The normalized spacial score (nSPS) is 15.0. The monoisotopic (exact) mass is 496 g/mol. The van der Waals surface area contributed by atoms with E-state index in [9.17, 15) is 14.4 Å². The van der Waals surface area contributed by atoms with Gasteiger partial charge in [-0.05, 0) is 30.7 Å². The first-order valence-corrected chi connectivity index (χ1v) is 11.4. The molecule has 1 aromatic heterocycles. The minimum atomic E-state index is -0.591. The molecule has 1 aromatic carbocycles. The summed E-state index contributed by atoms with van der Waals surface area (Å²) < 4.78 is 22.8. The first kappa shape index (κ1) is 24.8. The Balaban J connectivity index is 2.08. The van der Waals surface area contributed by atoms with Gasteiger partial charge < -0.3 is 23.8 Å². The number of methoxy groups -OCH3 is 2. The van der Waals surface area contributed by atoms with Crippen molar-refractivity contribution in [3.8, 4) is 11.5 Å². The van der Waals surface area contributed by atoms with E-state index in [4.69, 9.17) is 30.5 Å². The number of rotatable bonds is 7. The third-order valence-electron chi connectivity index (χ3n) is 4.88. The Morgan fingerprint density at radius 3 is 2.58 bits per heavy atom. The predicted octanol–water partition coefficient (Wildman–Crippen LogP) is 0.612. The van der Waals surface area contributed by atoms with Crippen molar-refractivity contribution in [1.82, 2.24) is 9.47 Å². The van der Waals surface area contributed by atoms with Gasteiger partial charge in [-0.15, -0.1) is 11.3 Å². The summed E-state index contributed by atoms with van der Waals surface area (Å²) in [6, 6.07) is 3.32. The summed E-state index contributed by atoms with van der Waals surface area (Å²) in [7, 11) is 2.97. The van der Waals surface area contributed by atoms with Crippen LogP contribution in [0.1, 0.15) is 12.5 Å². The van der Waals surface area contributed by atoms with E-state index < -0.39 is 11.5 Å². The highest BCUT2D eigenvalue weighted by molar-refractivity contribution is 7.07. The van der Waals surface area contributed by atoms with Crippen LogP contribution in [-0.4, -0.2) is 68.5 Å². The number of esters is 1. The van der Waals surface area contributed by atoms with Gasteiger partial charge in [0.15, 0.2) is 11.5 Å². The molecule has 0 atom stereocenters. The highest BCUT2D eigenvalue weighted by Gasteiger charge is 2.19. The second-order valence-corrected chi connectivity index (χ2v) is 8.44. The molecule has 33 heavy (non-hydrogen) atoms. The maximum Gasteiger partial charge on any atom is 0.333 e. The lowest BCUT2D eigenvalue weighted by Gasteiger charge is -2.26. The highest BCUT2D eigenvalue weighted by Crippen LogP contribution is 2.36. The van der Waals surface area contributed by atoms with Crippen LogP contribution in [0.25, 0.3) is 12.2 Å². The van der Waals surface area contributed by atoms with Crippen LogP contribution >= 0.6 is 22.9 Å². The summed E-state index contributed by atoms with van der Waals surface area (Å²) >= 11 is 7.36. The van der Waals surface area contributed by atoms with Crippen molar-refractivity contribution < 1.29 is 28.5 Å². The van der Waals surface area contributed by atoms with E-state index in [2.05, 4.69) is 0 Å². The maximum atomic E-state index is 13.2. The largest absolute Gasteiger partial charge is 0.493 e. The van der Waals surface area contributed by atoms with E-state index in [-0.39, 0.29) is 19.1 Å². The standard InChI is InChI=1S/C22H25ClN2O7S/c1-4-32-20(27)12-19-25(13-18(26)24-5-7-31-8-6-24)22(28)17(33-19)11-14-9-15(23)21(30-3)16(10-14)29-2/h9-12H,4-8,13H2,1-3H3. The van der Waals surface area contributed by atoms with Crippen molar-refractivity contribution in [2.45, 2.75) is 13.5 Å². The average molecular weight is 497 g/mol. The Morgan fingerprint density at radius 1 is 1.21 bits per heavy atom. The molecule has 9 nitrogen and oxygen atoms in total. The Kier molecular flexibility index (Phi) is 8.54. The molecule has 0 spiro atoms. The number of halogens is 1. The molecule has 1 aliphatic rings. The Bertz CT molecular complexity index is 1200. The number of thiazole rings is 1. The number of carbonyl (C=O) groups is 2. The smallest absolute Gasteiger partial charge is 0.333 e. The topological polar surface area (TPSA) is 96.3 Å². The molecule has 0 N–H and O–H groups in total. The third-order valence-corrected chi connectivity index (χ3v) is 6.22. The van der Waals surface area contributed by atoms with E-state index in [0.29, 0.717) is 57.6 Å². The molecule has 11 heteroatoms. The number of hydrogen-bond donors (Lipinski definition) is 0. The van der Waals surface area contributed by atoms with Crippen LogP contribution in [0.3, 0.4) is 0 Å². The van der Waals surface area contributed by atoms with E-state index in [1.165, 1.54) is 24.9 Å². The fourth-order valence-electron chi connectivity index (χ4n) is 3.30. The molecule has 1 amide bonds. The summed E-state index contributed by atoms with van der Waals surface area (Å²) in [6.45, 7) is 3.50. The minimum absolute atomic E-state index is 0.193. The van der Waals surface area contributed by atoms with Crippen LogP contribution in [0, 0.1) is 0 Å². The second-order valence-electron chi connectivity index (χ2n) is 6.97. The number of morpholine rings is 1. The van der Waals surface area contributed by atoms with Crippen molar-refractivity contribution >= 4 is 47.0 Å². The molecule has 178 valence electrons. The number of carbonyl (C=O) groups excluding carboxylic acids is 2. The third kappa shape index (κ3) is 5.95. The van der Waals surface area contributed by atoms with Gasteiger partial charge in [-0.1, -0.05) is 11.6 Å². The molecule has 0 unspecified atom stereocenters. The number of benzene rings is 1. The number of aromatic nitrogens is 1. The van der Waals surface area contributed by atoms with Gasteiger partial charge in [0.05, 0.1) is 49.7 Å². The van der Waals surface area contributed by atoms with Crippen LogP contribution in [0.2, 0.25) is 5.02 Å². The lowest BCUT2D eigenvalue weighted by molar-refractivity contribution is -0.136. The van der Waals surface area contributed by atoms with E-state index in [1.54, 1.807) is 30.0 Å². The minimum Gasteiger partial charge on any atom is -0.493 e. The van der Waals surface area contributed by atoms with E-state index in [0.717, 1.165) is 11.3 Å². The number of nitrogens with zero attached hydrogens (tertiary/aromatic N) is 2. The summed E-state index contributed by atoms with van der Waals surface area (Å²) in [5, 5.41) is 0.320. The SMILES string of the molecule is CCOC(=O)C=c1sc(=Cc2cc(Cl)c(OC)c(OC)c2)c(=O)n1CC(=O)N1CCOCC1. The number of ether oxygens (including phenoxy) is 4. The van der Waals surface area contributed by atoms with Gasteiger partial charge in [0.2, 0.25) is 5.91 Å². The molecule has 1 fully saturated rings. The molecule has 0 bridgehead atoms. The number of hydrogen-bond acceptors (Lipinski definition) is 8. The van der Waals surface area contributed by atoms with Crippen molar-refractivity contribution in [1.29, 1.82) is 0 Å². The predicted molar refractivity (Wildman–Crippen MR) is 124 cm³/mol. The van der Waals surface area contributed by atoms with Gasteiger partial charge in [0.1, 0.15) is 11.2 Å². The zero-order valence-corrected chi connectivity index (χ0v) is 20.2. The van der Waals surface area contributed by atoms with Crippen LogP contribution in [0.4, 0.5) is 0 Å². The molecule has 0 aliphatic carbocycles. The van der Waals surface area contributed by atoms with Crippen molar-refractivity contribution in [2.75, 3.05) is 47.1 Å². The van der Waals surface area contributed by atoms with E-state index in [1.807, 2.05) is 0 Å². The molecule has 3 rings (SSSR count). The number of amides is 1. The zero-order chi connectivity index (χ0) is 24.0. The molecular weight excluding hydrogens is 472 g/mol. The van der Waals surface area contributed by atoms with E-state index >= 15 is 0 Å². The molecule has 1 saturated heterocycles. The van der Waals surface area contributed by atoms with Crippen molar-refractivity contribution in [2.24, 2.45) is 0 Å². The van der Waals surface area contributed by atoms with Crippen LogP contribution in [0.5, 0.6) is 11.5 Å². The summed E-state index contributed by atoms with van der Waals surface area (Å²) in [5.74, 6) is -0.0225. The molecule has 2 heterocycles. The molecular formula is C22H25ClN2O7S. The quantitative estimate of drug-likeness (QED) is 0.518. The average Bonchev–Trinajstić information content (AvgIpc) is 3.08. The molecule has 1 aliphatic heterocycles. The van der Waals surface area contributed by atoms with Gasteiger partial charge in [0.25, 0.3) is 5.56 Å². The van der Waals surface area contributed by atoms with Gasteiger partial charge in [-0.25, -0.2) is 4.79 Å². The maximum absolute atomic E-state index is 13.2. The van der Waals surface area contributed by atoms with Crippen molar-refractivity contribution in [3.05, 3.63) is 42.3 Å². The van der Waals surface area contributed by atoms with Gasteiger partial charge in [-0.2, -0.15) is 0 Å². The fraction of sp³-hybridized carbons (Fsp3) is 0.409. The molecule has 0 saturated carbocycles. The zero-order valence-electron chi connectivity index (χ0n) is 18.6.